The Kier molecular flexibility index (Phi) is 2.33. The fourth-order valence-corrected chi connectivity index (χ4v) is 4.05. The Morgan fingerprint density at radius 2 is 1.94 bits per heavy atom. The van der Waals surface area contributed by atoms with Gasteiger partial charge in [-0.05, 0) is 26.0 Å². The number of hydrogen-bond acceptors (Lipinski definition) is 3. The third kappa shape index (κ3) is 1.69. The molecule has 3 atom stereocenters. The summed E-state index contributed by atoms with van der Waals surface area (Å²) in [6.45, 7) is 4.34. The largest absolute Gasteiger partial charge is 0.366 e. The highest BCUT2D eigenvalue weighted by atomic mass is 32.2. The molecule has 1 aromatic rings. The van der Waals surface area contributed by atoms with Crippen molar-refractivity contribution in [3.05, 3.63) is 29.8 Å². The summed E-state index contributed by atoms with van der Waals surface area (Å²) in [5, 5.41) is 0. The number of epoxide rings is 1. The second-order valence-electron chi connectivity index (χ2n) is 4.77. The normalized spacial score (nSPS) is 32.5. The standard InChI is InChI=1S/C12H15NO3S/c1-8-3-5-10(6-4-8)17(14,15)13-7-11-12(16-11)9(13)2/h3-6,9,11-12H,7H2,1-2H3/t9-,11-,12+/m1/s1. The highest BCUT2D eigenvalue weighted by Crippen LogP contribution is 2.39. The molecule has 0 unspecified atom stereocenters. The van der Waals surface area contributed by atoms with E-state index in [0.717, 1.165) is 5.56 Å². The van der Waals surface area contributed by atoms with Crippen LogP contribution in [0.5, 0.6) is 0 Å². The van der Waals surface area contributed by atoms with E-state index in [1.807, 2.05) is 26.0 Å². The minimum atomic E-state index is -3.35. The van der Waals surface area contributed by atoms with Crippen molar-refractivity contribution in [2.24, 2.45) is 0 Å². The lowest BCUT2D eigenvalue weighted by Crippen LogP contribution is -2.38. The molecule has 0 aromatic heterocycles. The fourth-order valence-electron chi connectivity index (χ4n) is 2.40. The molecule has 0 saturated carbocycles. The Morgan fingerprint density at radius 1 is 1.29 bits per heavy atom. The number of aryl methyl sites for hydroxylation is 1. The maximum atomic E-state index is 12.4. The van der Waals surface area contributed by atoms with Crippen LogP contribution in [0.25, 0.3) is 0 Å². The summed E-state index contributed by atoms with van der Waals surface area (Å²) in [4.78, 5) is 0.372. The zero-order valence-corrected chi connectivity index (χ0v) is 10.6. The van der Waals surface area contributed by atoms with Crippen LogP contribution < -0.4 is 0 Å². The van der Waals surface area contributed by atoms with Crippen LogP contribution in [0.1, 0.15) is 12.5 Å². The first-order valence-electron chi connectivity index (χ1n) is 5.74. The molecular weight excluding hydrogens is 238 g/mol. The van der Waals surface area contributed by atoms with Crippen LogP contribution in [0.3, 0.4) is 0 Å². The summed E-state index contributed by atoms with van der Waals surface area (Å²) < 4.78 is 31.7. The van der Waals surface area contributed by atoms with Crippen molar-refractivity contribution in [2.45, 2.75) is 37.0 Å². The van der Waals surface area contributed by atoms with Gasteiger partial charge in [0.2, 0.25) is 10.0 Å². The van der Waals surface area contributed by atoms with Crippen molar-refractivity contribution in [3.8, 4) is 0 Å². The molecule has 2 aliphatic rings. The molecule has 5 heteroatoms. The molecule has 0 aliphatic carbocycles. The number of fused-ring (bicyclic) bond motifs is 1. The predicted molar refractivity (Wildman–Crippen MR) is 63.2 cm³/mol. The van der Waals surface area contributed by atoms with Gasteiger partial charge in [0.15, 0.2) is 0 Å². The second kappa shape index (κ2) is 3.54. The quantitative estimate of drug-likeness (QED) is 0.743. The topological polar surface area (TPSA) is 49.9 Å². The van der Waals surface area contributed by atoms with Crippen molar-refractivity contribution in [1.29, 1.82) is 0 Å². The Hall–Kier alpha value is -0.910. The van der Waals surface area contributed by atoms with Gasteiger partial charge in [-0.15, -0.1) is 0 Å². The highest BCUT2D eigenvalue weighted by molar-refractivity contribution is 7.89. The number of morpholine rings is 1. The van der Waals surface area contributed by atoms with E-state index in [1.54, 1.807) is 16.4 Å². The molecule has 2 aliphatic heterocycles. The van der Waals surface area contributed by atoms with E-state index in [9.17, 15) is 8.42 Å². The van der Waals surface area contributed by atoms with E-state index >= 15 is 0 Å². The molecule has 2 fully saturated rings. The van der Waals surface area contributed by atoms with E-state index in [-0.39, 0.29) is 18.2 Å². The minimum absolute atomic E-state index is 0.0497. The van der Waals surface area contributed by atoms with Gasteiger partial charge in [-0.2, -0.15) is 4.31 Å². The van der Waals surface area contributed by atoms with Crippen molar-refractivity contribution in [1.82, 2.24) is 4.31 Å². The number of rotatable bonds is 2. The number of hydrogen-bond donors (Lipinski definition) is 0. The average molecular weight is 253 g/mol. The molecule has 0 radical (unpaired) electrons. The van der Waals surface area contributed by atoms with Crippen molar-refractivity contribution < 1.29 is 13.2 Å². The first-order chi connectivity index (χ1) is 8.00. The summed E-state index contributed by atoms with van der Waals surface area (Å²) in [7, 11) is -3.35. The highest BCUT2D eigenvalue weighted by Gasteiger charge is 2.56. The molecule has 4 nitrogen and oxygen atoms in total. The first kappa shape index (κ1) is 11.2. The molecule has 0 N–H and O–H groups in total. The second-order valence-corrected chi connectivity index (χ2v) is 6.66. The van der Waals surface area contributed by atoms with E-state index in [2.05, 4.69) is 0 Å². The molecule has 0 bridgehead atoms. The molecule has 2 saturated heterocycles. The molecule has 0 amide bonds. The number of benzene rings is 1. The Morgan fingerprint density at radius 3 is 2.47 bits per heavy atom. The van der Waals surface area contributed by atoms with E-state index in [4.69, 9.17) is 4.74 Å². The van der Waals surface area contributed by atoms with Crippen molar-refractivity contribution in [2.75, 3.05) is 6.54 Å². The lowest BCUT2D eigenvalue weighted by molar-refractivity contribution is 0.225. The van der Waals surface area contributed by atoms with Crippen LogP contribution in [-0.4, -0.2) is 37.5 Å². The fraction of sp³-hybridized carbons (Fsp3) is 0.500. The van der Waals surface area contributed by atoms with Gasteiger partial charge < -0.3 is 4.74 Å². The minimum Gasteiger partial charge on any atom is -0.366 e. The van der Waals surface area contributed by atoms with Gasteiger partial charge in [0.1, 0.15) is 6.10 Å². The van der Waals surface area contributed by atoms with Gasteiger partial charge in [0, 0.05) is 6.54 Å². The Balaban J connectivity index is 1.93. The molecular formula is C12H15NO3S. The zero-order valence-electron chi connectivity index (χ0n) is 9.83. The van der Waals surface area contributed by atoms with E-state index in [1.165, 1.54) is 0 Å². The lowest BCUT2D eigenvalue weighted by Gasteiger charge is -2.23. The number of sulfonamides is 1. The number of nitrogens with zero attached hydrogens (tertiary/aromatic N) is 1. The number of ether oxygens (including phenoxy) is 1. The van der Waals surface area contributed by atoms with Crippen LogP contribution in [-0.2, 0) is 14.8 Å². The maximum absolute atomic E-state index is 12.4. The van der Waals surface area contributed by atoms with Crippen LogP contribution in [0.15, 0.2) is 29.2 Å². The van der Waals surface area contributed by atoms with E-state index < -0.39 is 10.0 Å². The zero-order chi connectivity index (χ0) is 12.2. The molecule has 1 aromatic carbocycles. The third-order valence-corrected chi connectivity index (χ3v) is 5.51. The van der Waals surface area contributed by atoms with Gasteiger partial charge >= 0.3 is 0 Å². The van der Waals surface area contributed by atoms with Gasteiger partial charge in [-0.3, -0.25) is 0 Å². The van der Waals surface area contributed by atoms with Gasteiger partial charge in [0.05, 0.1) is 17.0 Å². The molecule has 0 spiro atoms. The average Bonchev–Trinajstić information content (AvgIpc) is 2.98. The summed E-state index contributed by atoms with van der Waals surface area (Å²) in [5.41, 5.74) is 1.06. The monoisotopic (exact) mass is 253 g/mol. The smallest absolute Gasteiger partial charge is 0.243 e. The molecule has 17 heavy (non-hydrogen) atoms. The van der Waals surface area contributed by atoms with Crippen LogP contribution in [0.2, 0.25) is 0 Å². The lowest BCUT2D eigenvalue weighted by atomic mass is 10.2. The molecule has 3 rings (SSSR count). The van der Waals surface area contributed by atoms with Crippen LogP contribution in [0, 0.1) is 6.92 Å². The van der Waals surface area contributed by atoms with Crippen molar-refractivity contribution >= 4 is 10.0 Å². The van der Waals surface area contributed by atoms with Crippen LogP contribution in [0.4, 0.5) is 0 Å². The summed E-state index contributed by atoms with van der Waals surface area (Å²) >= 11 is 0. The summed E-state index contributed by atoms with van der Waals surface area (Å²) in [6.07, 6.45) is 0.223. The van der Waals surface area contributed by atoms with Gasteiger partial charge in [-0.25, -0.2) is 8.42 Å². The summed E-state index contributed by atoms with van der Waals surface area (Å²) in [6, 6.07) is 6.94. The summed E-state index contributed by atoms with van der Waals surface area (Å²) in [5.74, 6) is 0. The van der Waals surface area contributed by atoms with Gasteiger partial charge in [-0.1, -0.05) is 17.7 Å². The predicted octanol–water partition coefficient (Wildman–Crippen LogP) is 1.16. The molecule has 2 heterocycles. The van der Waals surface area contributed by atoms with Crippen LogP contribution >= 0.6 is 0 Å². The van der Waals surface area contributed by atoms with E-state index in [0.29, 0.717) is 11.4 Å². The SMILES string of the molecule is Cc1ccc(S(=O)(=O)N2C[C@H]3O[C@H]3[C@H]2C)cc1. The first-order valence-corrected chi connectivity index (χ1v) is 7.18. The Labute approximate surface area is 101 Å². The van der Waals surface area contributed by atoms with Crippen molar-refractivity contribution in [3.63, 3.8) is 0 Å². The third-order valence-electron chi connectivity index (χ3n) is 3.54. The van der Waals surface area contributed by atoms with Gasteiger partial charge in [0.25, 0.3) is 0 Å². The Bertz CT molecular complexity index is 537. The maximum Gasteiger partial charge on any atom is 0.243 e. The molecule has 92 valence electrons.